The molecule has 70 valence electrons. The van der Waals surface area contributed by atoms with Gasteiger partial charge in [0.2, 0.25) is 0 Å². The third kappa shape index (κ3) is 1.78. The van der Waals surface area contributed by atoms with E-state index in [9.17, 15) is 4.79 Å². The molecule has 1 heterocycles. The van der Waals surface area contributed by atoms with Gasteiger partial charge in [-0.2, -0.15) is 0 Å². The molecule has 0 aromatic rings. The second kappa shape index (κ2) is 3.90. The Morgan fingerprint density at radius 1 is 1.58 bits per heavy atom. The van der Waals surface area contributed by atoms with Gasteiger partial charge in [0, 0.05) is 19.7 Å². The lowest BCUT2D eigenvalue weighted by Crippen LogP contribution is -2.48. The molecule has 1 atom stereocenters. The van der Waals surface area contributed by atoms with E-state index in [4.69, 9.17) is 4.74 Å². The molecule has 0 spiro atoms. The highest BCUT2D eigenvalue weighted by atomic mass is 16.5. The van der Waals surface area contributed by atoms with Crippen LogP contribution >= 0.6 is 0 Å². The number of methoxy groups -OCH3 is 1. The van der Waals surface area contributed by atoms with Crippen LogP contribution in [0.25, 0.3) is 0 Å². The van der Waals surface area contributed by atoms with Crippen LogP contribution in [0.3, 0.4) is 0 Å². The number of rotatable bonds is 2. The Balaban J connectivity index is 2.59. The summed E-state index contributed by atoms with van der Waals surface area (Å²) in [5.74, 6) is 0.152. The number of nitrogens with zero attached hydrogens (tertiary/aromatic N) is 1. The number of hydrogen-bond donors (Lipinski definition) is 0. The lowest BCUT2D eigenvalue weighted by atomic mass is 10.1. The van der Waals surface area contributed by atoms with Crippen LogP contribution < -0.4 is 0 Å². The van der Waals surface area contributed by atoms with Crippen molar-refractivity contribution in [2.24, 2.45) is 0 Å². The highest BCUT2D eigenvalue weighted by Crippen LogP contribution is 2.16. The van der Waals surface area contributed by atoms with E-state index in [0.717, 1.165) is 19.4 Å². The molecular formula is C9H17NO2. The SMILES string of the molecule is COC1CCCN(C(C)C)C1=O. The fraction of sp³-hybridized carbons (Fsp3) is 0.889. The van der Waals surface area contributed by atoms with E-state index in [1.807, 2.05) is 18.7 Å². The van der Waals surface area contributed by atoms with Gasteiger partial charge in [0.05, 0.1) is 0 Å². The fourth-order valence-corrected chi connectivity index (χ4v) is 1.60. The van der Waals surface area contributed by atoms with Crippen molar-refractivity contribution >= 4 is 5.91 Å². The number of hydrogen-bond acceptors (Lipinski definition) is 2. The van der Waals surface area contributed by atoms with Crippen molar-refractivity contribution in [2.75, 3.05) is 13.7 Å². The predicted molar refractivity (Wildman–Crippen MR) is 46.9 cm³/mol. The van der Waals surface area contributed by atoms with E-state index < -0.39 is 0 Å². The number of carbonyl (C=O) groups is 1. The molecule has 1 fully saturated rings. The molecule has 0 N–H and O–H groups in total. The van der Waals surface area contributed by atoms with E-state index >= 15 is 0 Å². The smallest absolute Gasteiger partial charge is 0.251 e. The van der Waals surface area contributed by atoms with Crippen molar-refractivity contribution in [1.82, 2.24) is 4.90 Å². The number of amides is 1. The summed E-state index contributed by atoms with van der Waals surface area (Å²) in [4.78, 5) is 13.5. The Bertz CT molecular complexity index is 168. The summed E-state index contributed by atoms with van der Waals surface area (Å²) in [6.07, 6.45) is 1.74. The first-order valence-electron chi connectivity index (χ1n) is 4.50. The van der Waals surface area contributed by atoms with Gasteiger partial charge in [-0.3, -0.25) is 4.79 Å². The monoisotopic (exact) mass is 171 g/mol. The maximum atomic E-state index is 11.6. The third-order valence-electron chi connectivity index (χ3n) is 2.33. The molecule has 3 heteroatoms. The molecule has 1 aliphatic rings. The van der Waals surface area contributed by atoms with Crippen LogP contribution in [0.1, 0.15) is 26.7 Å². The van der Waals surface area contributed by atoms with Crippen LogP contribution in [0.2, 0.25) is 0 Å². The largest absolute Gasteiger partial charge is 0.372 e. The topological polar surface area (TPSA) is 29.5 Å². The van der Waals surface area contributed by atoms with Crippen molar-refractivity contribution in [1.29, 1.82) is 0 Å². The van der Waals surface area contributed by atoms with E-state index in [-0.39, 0.29) is 12.0 Å². The lowest BCUT2D eigenvalue weighted by Gasteiger charge is -2.34. The molecule has 1 saturated heterocycles. The predicted octanol–water partition coefficient (Wildman–Crippen LogP) is 1.03. The van der Waals surface area contributed by atoms with Gasteiger partial charge in [0.15, 0.2) is 0 Å². The summed E-state index contributed by atoms with van der Waals surface area (Å²) in [5, 5.41) is 0. The quantitative estimate of drug-likeness (QED) is 0.621. The zero-order valence-electron chi connectivity index (χ0n) is 8.04. The van der Waals surface area contributed by atoms with Crippen molar-refractivity contribution in [3.05, 3.63) is 0 Å². The van der Waals surface area contributed by atoms with Gasteiger partial charge in [-0.15, -0.1) is 0 Å². The van der Waals surface area contributed by atoms with E-state index in [2.05, 4.69) is 0 Å². The zero-order valence-corrected chi connectivity index (χ0v) is 8.04. The summed E-state index contributed by atoms with van der Waals surface area (Å²) in [6.45, 7) is 4.96. The first-order valence-corrected chi connectivity index (χ1v) is 4.50. The summed E-state index contributed by atoms with van der Waals surface area (Å²) in [5.41, 5.74) is 0. The van der Waals surface area contributed by atoms with Crippen LogP contribution in [0.5, 0.6) is 0 Å². The molecule has 1 aliphatic heterocycles. The Kier molecular flexibility index (Phi) is 3.09. The number of piperidine rings is 1. The maximum Gasteiger partial charge on any atom is 0.251 e. The van der Waals surface area contributed by atoms with Gasteiger partial charge in [-0.1, -0.05) is 0 Å². The molecule has 0 aliphatic carbocycles. The Labute approximate surface area is 73.7 Å². The van der Waals surface area contributed by atoms with Crippen molar-refractivity contribution in [3.63, 3.8) is 0 Å². The zero-order chi connectivity index (χ0) is 9.14. The van der Waals surface area contributed by atoms with Crippen LogP contribution in [-0.2, 0) is 9.53 Å². The van der Waals surface area contributed by atoms with Crippen LogP contribution in [0.4, 0.5) is 0 Å². The highest BCUT2D eigenvalue weighted by molar-refractivity contribution is 5.81. The molecule has 0 radical (unpaired) electrons. The molecule has 1 rings (SSSR count). The fourth-order valence-electron chi connectivity index (χ4n) is 1.60. The molecule has 0 saturated carbocycles. The molecule has 0 aromatic carbocycles. The minimum atomic E-state index is -0.193. The van der Waals surface area contributed by atoms with Gasteiger partial charge in [0.25, 0.3) is 5.91 Å². The maximum absolute atomic E-state index is 11.6. The first-order chi connectivity index (χ1) is 5.66. The average Bonchev–Trinajstić information content (AvgIpc) is 2.04. The minimum absolute atomic E-state index is 0.152. The van der Waals surface area contributed by atoms with Crippen LogP contribution in [-0.4, -0.2) is 36.6 Å². The Morgan fingerprint density at radius 3 is 2.75 bits per heavy atom. The van der Waals surface area contributed by atoms with Crippen molar-refractivity contribution < 1.29 is 9.53 Å². The molecular weight excluding hydrogens is 154 g/mol. The molecule has 1 amide bonds. The van der Waals surface area contributed by atoms with Crippen LogP contribution in [0.15, 0.2) is 0 Å². The molecule has 1 unspecified atom stereocenters. The lowest BCUT2D eigenvalue weighted by molar-refractivity contribution is -0.147. The standard InChI is InChI=1S/C9H17NO2/c1-7(2)10-6-4-5-8(12-3)9(10)11/h7-8H,4-6H2,1-3H3. The third-order valence-corrected chi connectivity index (χ3v) is 2.33. The highest BCUT2D eigenvalue weighted by Gasteiger charge is 2.29. The Hall–Kier alpha value is -0.570. The summed E-state index contributed by atoms with van der Waals surface area (Å²) >= 11 is 0. The van der Waals surface area contributed by atoms with Crippen molar-refractivity contribution in [2.45, 2.75) is 38.8 Å². The summed E-state index contributed by atoms with van der Waals surface area (Å²) < 4.78 is 5.09. The van der Waals surface area contributed by atoms with E-state index in [1.54, 1.807) is 7.11 Å². The molecule has 3 nitrogen and oxygen atoms in total. The van der Waals surface area contributed by atoms with Gasteiger partial charge >= 0.3 is 0 Å². The molecule has 0 aromatic heterocycles. The number of likely N-dealkylation sites (tertiary alicyclic amines) is 1. The number of ether oxygens (including phenoxy) is 1. The second-order valence-corrected chi connectivity index (χ2v) is 3.49. The summed E-state index contributed by atoms with van der Waals surface area (Å²) in [6, 6.07) is 0.301. The number of carbonyl (C=O) groups excluding carboxylic acids is 1. The van der Waals surface area contributed by atoms with Gasteiger partial charge in [-0.05, 0) is 26.7 Å². The van der Waals surface area contributed by atoms with Gasteiger partial charge in [-0.25, -0.2) is 0 Å². The van der Waals surface area contributed by atoms with Crippen LogP contribution in [0, 0.1) is 0 Å². The second-order valence-electron chi connectivity index (χ2n) is 3.49. The average molecular weight is 171 g/mol. The normalized spacial score (nSPS) is 25.2. The summed E-state index contributed by atoms with van der Waals surface area (Å²) in [7, 11) is 1.60. The minimum Gasteiger partial charge on any atom is -0.372 e. The van der Waals surface area contributed by atoms with Gasteiger partial charge < -0.3 is 9.64 Å². The molecule has 12 heavy (non-hydrogen) atoms. The Morgan fingerprint density at radius 2 is 2.25 bits per heavy atom. The van der Waals surface area contributed by atoms with Crippen molar-refractivity contribution in [3.8, 4) is 0 Å². The van der Waals surface area contributed by atoms with E-state index in [0.29, 0.717) is 6.04 Å². The molecule has 0 bridgehead atoms. The first kappa shape index (κ1) is 9.52. The van der Waals surface area contributed by atoms with Gasteiger partial charge in [0.1, 0.15) is 6.10 Å². The van der Waals surface area contributed by atoms with E-state index in [1.165, 1.54) is 0 Å².